The molecule has 0 fully saturated rings. The Bertz CT molecular complexity index is 2820. The van der Waals surface area contributed by atoms with Crippen LogP contribution in [0.1, 0.15) is 0 Å². The summed E-state index contributed by atoms with van der Waals surface area (Å²) in [6.07, 6.45) is 0. The van der Waals surface area contributed by atoms with E-state index in [1.807, 2.05) is 12.1 Å². The molecule has 0 unspecified atom stereocenters. The molecule has 9 aromatic carbocycles. The predicted molar refractivity (Wildman–Crippen MR) is 192 cm³/mol. The van der Waals surface area contributed by atoms with Gasteiger partial charge >= 0.3 is 0 Å². The first-order valence-electron chi connectivity index (χ1n) is 15.5. The van der Waals surface area contributed by atoms with E-state index in [0.29, 0.717) is 0 Å². The fourth-order valence-electron chi connectivity index (χ4n) is 7.61. The molecule has 1 aromatic heterocycles. The zero-order chi connectivity index (χ0) is 29.5. The van der Waals surface area contributed by atoms with Gasteiger partial charge in [-0.2, -0.15) is 0 Å². The number of benzene rings is 9. The Morgan fingerprint density at radius 2 is 0.822 bits per heavy atom. The molecule has 10 rings (SSSR count). The van der Waals surface area contributed by atoms with Gasteiger partial charge in [0, 0.05) is 10.8 Å². The van der Waals surface area contributed by atoms with E-state index in [2.05, 4.69) is 146 Å². The van der Waals surface area contributed by atoms with Gasteiger partial charge in [0.2, 0.25) is 0 Å². The number of furan rings is 1. The summed E-state index contributed by atoms with van der Waals surface area (Å²) >= 11 is 0. The van der Waals surface area contributed by atoms with Crippen molar-refractivity contribution in [1.82, 2.24) is 0 Å². The first kappa shape index (κ1) is 24.5. The Balaban J connectivity index is 1.35. The molecule has 45 heavy (non-hydrogen) atoms. The normalized spacial score (nSPS) is 12.0. The predicted octanol–water partition coefficient (Wildman–Crippen LogP) is 12.7. The quantitative estimate of drug-likeness (QED) is 0.149. The summed E-state index contributed by atoms with van der Waals surface area (Å²) in [5.74, 6) is 0. The van der Waals surface area contributed by atoms with E-state index in [-0.39, 0.29) is 0 Å². The fourth-order valence-corrected chi connectivity index (χ4v) is 7.61. The number of hydrogen-bond donors (Lipinski definition) is 0. The molecular formula is C44H26O. The summed E-state index contributed by atoms with van der Waals surface area (Å²) in [6.45, 7) is 0. The fraction of sp³-hybridized carbons (Fsp3) is 0. The highest BCUT2D eigenvalue weighted by molar-refractivity contribution is 6.28. The summed E-state index contributed by atoms with van der Waals surface area (Å²) in [6, 6.07) is 57.5. The van der Waals surface area contributed by atoms with Crippen molar-refractivity contribution < 1.29 is 4.42 Å². The highest BCUT2D eigenvalue weighted by atomic mass is 16.3. The van der Waals surface area contributed by atoms with Gasteiger partial charge in [-0.05, 0) is 100 Å². The van der Waals surface area contributed by atoms with Gasteiger partial charge < -0.3 is 4.42 Å². The Kier molecular flexibility index (Phi) is 5.06. The average molecular weight is 571 g/mol. The van der Waals surface area contributed by atoms with Crippen LogP contribution in [0.4, 0.5) is 0 Å². The Morgan fingerprint density at radius 1 is 0.289 bits per heavy atom. The molecule has 0 aliphatic carbocycles. The number of para-hydroxylation sites is 1. The second-order valence-corrected chi connectivity index (χ2v) is 12.0. The van der Waals surface area contributed by atoms with Crippen LogP contribution in [0.3, 0.4) is 0 Å². The Hall–Kier alpha value is -5.92. The minimum Gasteiger partial charge on any atom is -0.456 e. The van der Waals surface area contributed by atoms with E-state index in [0.717, 1.165) is 21.9 Å². The summed E-state index contributed by atoms with van der Waals surface area (Å²) in [5.41, 5.74) is 6.81. The third kappa shape index (κ3) is 3.56. The van der Waals surface area contributed by atoms with Crippen molar-refractivity contribution in [2.45, 2.75) is 0 Å². The van der Waals surface area contributed by atoms with E-state index in [1.165, 1.54) is 76.1 Å². The van der Waals surface area contributed by atoms with Gasteiger partial charge in [0.05, 0.1) is 0 Å². The molecule has 208 valence electrons. The zero-order valence-electron chi connectivity index (χ0n) is 24.4. The van der Waals surface area contributed by atoms with Gasteiger partial charge in [0.1, 0.15) is 11.2 Å². The maximum Gasteiger partial charge on any atom is 0.135 e. The SMILES string of the molecule is c1ccc2c(c1)ccc1cc(-c3c4ccccc4c(-c4ccc5oc6ccccc6c5c4)c4ccc5ccccc5c34)ccc12. The first-order chi connectivity index (χ1) is 22.3. The molecule has 0 amide bonds. The molecule has 0 N–H and O–H groups in total. The van der Waals surface area contributed by atoms with Crippen LogP contribution in [-0.4, -0.2) is 0 Å². The molecule has 1 nitrogen and oxygen atoms in total. The van der Waals surface area contributed by atoms with Crippen molar-refractivity contribution in [2.75, 3.05) is 0 Å². The third-order valence-corrected chi connectivity index (χ3v) is 9.61. The largest absolute Gasteiger partial charge is 0.456 e. The first-order valence-corrected chi connectivity index (χ1v) is 15.5. The monoisotopic (exact) mass is 570 g/mol. The van der Waals surface area contributed by atoms with Crippen molar-refractivity contribution >= 4 is 75.8 Å². The van der Waals surface area contributed by atoms with E-state index in [4.69, 9.17) is 4.42 Å². The van der Waals surface area contributed by atoms with Crippen LogP contribution in [0.15, 0.2) is 162 Å². The lowest BCUT2D eigenvalue weighted by molar-refractivity contribution is 0.669. The maximum absolute atomic E-state index is 6.21. The highest BCUT2D eigenvalue weighted by Gasteiger charge is 2.20. The van der Waals surface area contributed by atoms with Gasteiger partial charge in [-0.25, -0.2) is 0 Å². The average Bonchev–Trinajstić information content (AvgIpc) is 3.48. The summed E-state index contributed by atoms with van der Waals surface area (Å²) in [7, 11) is 0. The Labute approximate surface area is 259 Å². The summed E-state index contributed by atoms with van der Waals surface area (Å²) < 4.78 is 6.21. The van der Waals surface area contributed by atoms with E-state index >= 15 is 0 Å². The van der Waals surface area contributed by atoms with Crippen LogP contribution >= 0.6 is 0 Å². The lowest BCUT2D eigenvalue weighted by Crippen LogP contribution is -1.92. The molecular weight excluding hydrogens is 544 g/mol. The maximum atomic E-state index is 6.21. The van der Waals surface area contributed by atoms with E-state index in [9.17, 15) is 0 Å². The molecule has 0 aliphatic rings. The van der Waals surface area contributed by atoms with Crippen LogP contribution < -0.4 is 0 Å². The van der Waals surface area contributed by atoms with Crippen LogP contribution in [0, 0.1) is 0 Å². The van der Waals surface area contributed by atoms with Crippen molar-refractivity contribution in [3.05, 3.63) is 158 Å². The second kappa shape index (κ2) is 9.29. The van der Waals surface area contributed by atoms with Crippen molar-refractivity contribution in [2.24, 2.45) is 0 Å². The number of hydrogen-bond acceptors (Lipinski definition) is 1. The van der Waals surface area contributed by atoms with Crippen LogP contribution in [0.25, 0.3) is 98.1 Å². The topological polar surface area (TPSA) is 13.1 Å². The van der Waals surface area contributed by atoms with E-state index in [1.54, 1.807) is 0 Å². The molecule has 1 heterocycles. The van der Waals surface area contributed by atoms with Gasteiger partial charge in [-0.1, -0.05) is 133 Å². The van der Waals surface area contributed by atoms with Gasteiger partial charge in [0.25, 0.3) is 0 Å². The molecule has 0 bridgehead atoms. The summed E-state index contributed by atoms with van der Waals surface area (Å²) in [4.78, 5) is 0. The van der Waals surface area contributed by atoms with Crippen LogP contribution in [0.5, 0.6) is 0 Å². The molecule has 1 heteroatoms. The minimum absolute atomic E-state index is 0.916. The van der Waals surface area contributed by atoms with Crippen molar-refractivity contribution in [3.8, 4) is 22.3 Å². The lowest BCUT2D eigenvalue weighted by atomic mass is 9.83. The molecule has 0 spiro atoms. The summed E-state index contributed by atoms with van der Waals surface area (Å²) in [5, 5.41) is 15.0. The van der Waals surface area contributed by atoms with Crippen molar-refractivity contribution in [3.63, 3.8) is 0 Å². The van der Waals surface area contributed by atoms with Crippen LogP contribution in [-0.2, 0) is 0 Å². The minimum atomic E-state index is 0.916. The molecule has 0 atom stereocenters. The highest BCUT2D eigenvalue weighted by Crippen LogP contribution is 2.47. The lowest BCUT2D eigenvalue weighted by Gasteiger charge is -2.20. The molecule has 10 aromatic rings. The van der Waals surface area contributed by atoms with E-state index < -0.39 is 0 Å². The zero-order valence-corrected chi connectivity index (χ0v) is 24.4. The Morgan fingerprint density at radius 3 is 1.67 bits per heavy atom. The second-order valence-electron chi connectivity index (χ2n) is 12.0. The standard InChI is InChI=1S/C44H26O/c1-3-11-32-27(9-1)17-18-29-25-30(20-22-33(29)32)43-37-15-6-5-14-36(37)42(38-23-19-28-10-2-4-12-34(28)44(38)43)31-21-24-41-39(26-31)35-13-7-8-16-40(35)45-41/h1-26H. The van der Waals surface area contributed by atoms with Gasteiger partial charge in [-0.3, -0.25) is 0 Å². The number of fused-ring (bicyclic) bond motifs is 10. The number of rotatable bonds is 2. The van der Waals surface area contributed by atoms with Gasteiger partial charge in [0.15, 0.2) is 0 Å². The third-order valence-electron chi connectivity index (χ3n) is 9.61. The molecule has 0 radical (unpaired) electrons. The van der Waals surface area contributed by atoms with Gasteiger partial charge in [-0.15, -0.1) is 0 Å². The van der Waals surface area contributed by atoms with Crippen LogP contribution in [0.2, 0.25) is 0 Å². The molecule has 0 aliphatic heterocycles. The van der Waals surface area contributed by atoms with Crippen molar-refractivity contribution in [1.29, 1.82) is 0 Å². The molecule has 0 saturated carbocycles. The molecule has 0 saturated heterocycles. The smallest absolute Gasteiger partial charge is 0.135 e.